The van der Waals surface area contributed by atoms with Gasteiger partial charge in [0.25, 0.3) is 11.8 Å². The predicted molar refractivity (Wildman–Crippen MR) is 99.7 cm³/mol. The molecule has 0 aromatic carbocycles. The van der Waals surface area contributed by atoms with E-state index >= 15 is 0 Å². The molecule has 0 unspecified atom stereocenters. The first-order valence-electron chi connectivity index (χ1n) is 8.20. The molecule has 0 bridgehead atoms. The van der Waals surface area contributed by atoms with Crippen LogP contribution in [-0.4, -0.2) is 67.7 Å². The van der Waals surface area contributed by atoms with E-state index < -0.39 is 27.6 Å². The molecule has 0 atom stereocenters. The lowest BCUT2D eigenvalue weighted by atomic mass is 10.2. The molecule has 11 heteroatoms. The number of hydrazine groups is 1. The summed E-state index contributed by atoms with van der Waals surface area (Å²) in [6.45, 7) is 0.659. The van der Waals surface area contributed by atoms with Crippen LogP contribution >= 0.6 is 11.3 Å². The number of carbonyl (C=O) groups excluding carboxylic acids is 3. The molecule has 0 aliphatic carbocycles. The van der Waals surface area contributed by atoms with Gasteiger partial charge in [-0.3, -0.25) is 14.6 Å². The van der Waals surface area contributed by atoms with E-state index in [1.807, 2.05) is 0 Å². The van der Waals surface area contributed by atoms with Gasteiger partial charge in [0, 0.05) is 25.5 Å². The zero-order chi connectivity index (χ0) is 20.5. The van der Waals surface area contributed by atoms with Crippen molar-refractivity contribution in [1.82, 2.24) is 15.0 Å². The third kappa shape index (κ3) is 3.90. The van der Waals surface area contributed by atoms with Crippen molar-refractivity contribution in [2.24, 2.45) is 0 Å². The van der Waals surface area contributed by atoms with Gasteiger partial charge in [-0.15, -0.1) is 11.3 Å². The maximum Gasteiger partial charge on any atom is 0.339 e. The molecule has 0 spiro atoms. The van der Waals surface area contributed by atoms with Crippen LogP contribution in [0.15, 0.2) is 34.7 Å². The number of thiophene rings is 1. The lowest BCUT2D eigenvalue weighted by molar-refractivity contribution is 0.0185. The highest BCUT2D eigenvalue weighted by molar-refractivity contribution is 7.92. The van der Waals surface area contributed by atoms with Gasteiger partial charge in [0.2, 0.25) is 0 Å². The van der Waals surface area contributed by atoms with Crippen LogP contribution in [-0.2, 0) is 14.6 Å². The molecular formula is C17H17N3O6S2. The number of rotatable bonds is 4. The Morgan fingerprint density at radius 1 is 1.07 bits per heavy atom. The fourth-order valence-corrected chi connectivity index (χ4v) is 4.56. The normalized spacial score (nSPS) is 14.2. The second-order valence-corrected chi connectivity index (χ2v) is 9.35. The van der Waals surface area contributed by atoms with Crippen LogP contribution in [0.3, 0.4) is 0 Å². The van der Waals surface area contributed by atoms with Gasteiger partial charge in [-0.2, -0.15) is 0 Å². The SMILES string of the molecule is COC(=O)c1ccc(C(=O)N2CCCN2C(=O)c2ccc(S(C)(=O)=O)s2)nc1. The second-order valence-electron chi connectivity index (χ2n) is 6.02. The standard InChI is InChI=1S/C17H17N3O6S2/c1-26-17(23)11-4-5-12(18-10-11)15(21)19-8-3-9-20(19)16(22)13-6-7-14(27-13)28(2,24)25/h4-7,10H,3,8-9H2,1-2H3. The third-order valence-corrected chi connectivity index (χ3v) is 6.95. The van der Waals surface area contributed by atoms with Gasteiger partial charge in [0.1, 0.15) is 9.90 Å². The van der Waals surface area contributed by atoms with Crippen molar-refractivity contribution in [2.45, 2.75) is 10.6 Å². The fourth-order valence-electron chi connectivity index (χ4n) is 2.69. The summed E-state index contributed by atoms with van der Waals surface area (Å²) in [6.07, 6.45) is 2.89. The smallest absolute Gasteiger partial charge is 0.339 e. The minimum Gasteiger partial charge on any atom is -0.465 e. The van der Waals surface area contributed by atoms with Gasteiger partial charge in [-0.25, -0.2) is 23.2 Å². The first kappa shape index (κ1) is 20.0. The summed E-state index contributed by atoms with van der Waals surface area (Å²) in [4.78, 5) is 41.2. The van der Waals surface area contributed by atoms with E-state index in [0.717, 1.165) is 17.6 Å². The molecule has 3 rings (SSSR count). The van der Waals surface area contributed by atoms with Crippen molar-refractivity contribution in [3.8, 4) is 0 Å². The molecule has 2 amide bonds. The number of amides is 2. The summed E-state index contributed by atoms with van der Waals surface area (Å²) in [5, 5.41) is 2.57. The quantitative estimate of drug-likeness (QED) is 0.680. The van der Waals surface area contributed by atoms with Crippen LogP contribution in [0.2, 0.25) is 0 Å². The van der Waals surface area contributed by atoms with E-state index in [1.54, 1.807) is 0 Å². The van der Waals surface area contributed by atoms with E-state index in [9.17, 15) is 22.8 Å². The maximum atomic E-state index is 12.8. The summed E-state index contributed by atoms with van der Waals surface area (Å²) in [6, 6.07) is 5.63. The van der Waals surface area contributed by atoms with Gasteiger partial charge in [-0.05, 0) is 30.7 Å². The molecule has 1 aliphatic rings. The molecule has 2 aromatic heterocycles. The topological polar surface area (TPSA) is 114 Å². The van der Waals surface area contributed by atoms with Gasteiger partial charge >= 0.3 is 5.97 Å². The Bertz CT molecular complexity index is 1030. The molecule has 9 nitrogen and oxygen atoms in total. The number of sulfone groups is 1. The lowest BCUT2D eigenvalue weighted by Gasteiger charge is -2.27. The van der Waals surface area contributed by atoms with Gasteiger partial charge in [-0.1, -0.05) is 0 Å². The van der Waals surface area contributed by atoms with Crippen molar-refractivity contribution in [3.63, 3.8) is 0 Å². The Labute approximate surface area is 165 Å². The van der Waals surface area contributed by atoms with Gasteiger partial charge < -0.3 is 4.74 Å². The average molecular weight is 423 g/mol. The number of aromatic nitrogens is 1. The Kier molecular flexibility index (Phi) is 5.47. The Hall–Kier alpha value is -2.79. The summed E-state index contributed by atoms with van der Waals surface area (Å²) in [5.74, 6) is -1.50. The molecule has 1 saturated heterocycles. The number of carbonyl (C=O) groups is 3. The zero-order valence-electron chi connectivity index (χ0n) is 15.1. The molecule has 3 heterocycles. The molecular weight excluding hydrogens is 406 g/mol. The second kappa shape index (κ2) is 7.68. The minimum absolute atomic E-state index is 0.0790. The Balaban J connectivity index is 1.80. The molecule has 28 heavy (non-hydrogen) atoms. The van der Waals surface area contributed by atoms with Crippen LogP contribution in [0.4, 0.5) is 0 Å². The van der Waals surface area contributed by atoms with Gasteiger partial charge in [0.15, 0.2) is 9.84 Å². The molecule has 1 aliphatic heterocycles. The van der Waals surface area contributed by atoms with Crippen molar-refractivity contribution in [2.75, 3.05) is 26.5 Å². The number of methoxy groups -OCH3 is 1. The predicted octanol–water partition coefficient (Wildman–Crippen LogP) is 1.24. The molecule has 0 N–H and O–H groups in total. The number of nitrogens with zero attached hydrogens (tertiary/aromatic N) is 3. The minimum atomic E-state index is -3.41. The van der Waals surface area contributed by atoms with Crippen LogP contribution in [0.5, 0.6) is 0 Å². The first-order chi connectivity index (χ1) is 13.2. The number of hydrogen-bond donors (Lipinski definition) is 0. The van der Waals surface area contributed by atoms with Crippen LogP contribution < -0.4 is 0 Å². The van der Waals surface area contributed by atoms with E-state index in [4.69, 9.17) is 0 Å². The average Bonchev–Trinajstić information content (AvgIpc) is 3.35. The number of pyridine rings is 1. The summed E-state index contributed by atoms with van der Waals surface area (Å²) >= 11 is 0.868. The third-order valence-electron chi connectivity index (χ3n) is 4.06. The largest absolute Gasteiger partial charge is 0.465 e. The number of ether oxygens (including phenoxy) is 1. The Morgan fingerprint density at radius 3 is 2.29 bits per heavy atom. The van der Waals surface area contributed by atoms with Crippen LogP contribution in [0, 0.1) is 0 Å². The van der Waals surface area contributed by atoms with Crippen LogP contribution in [0.25, 0.3) is 0 Å². The summed E-state index contributed by atoms with van der Waals surface area (Å²) in [5.41, 5.74) is 0.288. The summed E-state index contributed by atoms with van der Waals surface area (Å²) in [7, 11) is -2.16. The van der Waals surface area contributed by atoms with Crippen molar-refractivity contribution >= 4 is 39.0 Å². The maximum absolute atomic E-state index is 12.8. The van der Waals surface area contributed by atoms with Crippen molar-refractivity contribution in [1.29, 1.82) is 0 Å². The molecule has 0 saturated carbocycles. The zero-order valence-corrected chi connectivity index (χ0v) is 16.7. The van der Waals surface area contributed by atoms with Crippen molar-refractivity contribution in [3.05, 3.63) is 46.6 Å². The monoisotopic (exact) mass is 423 g/mol. The van der Waals surface area contributed by atoms with E-state index in [1.165, 1.54) is 47.6 Å². The number of hydrogen-bond acceptors (Lipinski definition) is 8. The van der Waals surface area contributed by atoms with E-state index in [2.05, 4.69) is 9.72 Å². The van der Waals surface area contributed by atoms with E-state index in [-0.39, 0.29) is 20.3 Å². The Morgan fingerprint density at radius 2 is 1.75 bits per heavy atom. The molecule has 148 valence electrons. The highest BCUT2D eigenvalue weighted by atomic mass is 32.2. The summed E-state index contributed by atoms with van der Waals surface area (Å²) < 4.78 is 27.9. The van der Waals surface area contributed by atoms with Crippen molar-refractivity contribution < 1.29 is 27.5 Å². The number of esters is 1. The van der Waals surface area contributed by atoms with E-state index in [0.29, 0.717) is 19.5 Å². The first-order valence-corrected chi connectivity index (χ1v) is 10.9. The molecule has 2 aromatic rings. The lowest BCUT2D eigenvalue weighted by Crippen LogP contribution is -2.44. The van der Waals surface area contributed by atoms with Crippen LogP contribution in [0.1, 0.15) is 36.9 Å². The molecule has 1 fully saturated rings. The molecule has 0 radical (unpaired) electrons. The van der Waals surface area contributed by atoms with Gasteiger partial charge in [0.05, 0.1) is 17.6 Å². The highest BCUT2D eigenvalue weighted by Crippen LogP contribution is 2.25. The fraction of sp³-hybridized carbons (Fsp3) is 0.294. The highest BCUT2D eigenvalue weighted by Gasteiger charge is 2.33.